The Labute approximate surface area is 327 Å². The van der Waals surface area contributed by atoms with Gasteiger partial charge in [-0.3, -0.25) is 4.90 Å². The number of nitrogens with zero attached hydrogens (tertiary/aromatic N) is 5. The molecule has 4 aromatic rings. The maximum Gasteiger partial charge on any atom is 0.319 e. The Balaban J connectivity index is 1.25. The lowest BCUT2D eigenvalue weighted by atomic mass is 9.95. The van der Waals surface area contributed by atoms with E-state index in [0.29, 0.717) is 58.1 Å². The first-order valence-electron chi connectivity index (χ1n) is 20.4. The van der Waals surface area contributed by atoms with Gasteiger partial charge in [0.25, 0.3) is 0 Å². The van der Waals surface area contributed by atoms with Crippen LogP contribution in [0.15, 0.2) is 24.3 Å². The van der Waals surface area contributed by atoms with Crippen LogP contribution in [-0.2, 0) is 0 Å². The highest BCUT2D eigenvalue weighted by molar-refractivity contribution is 6.90. The highest BCUT2D eigenvalue weighted by Gasteiger charge is 2.50. The second-order valence-electron chi connectivity index (χ2n) is 17.7. The van der Waals surface area contributed by atoms with E-state index in [9.17, 15) is 9.50 Å². The first kappa shape index (κ1) is 37.5. The monoisotopic (exact) mass is 784 g/mol. The summed E-state index contributed by atoms with van der Waals surface area (Å²) in [6.45, 7) is 15.5. The summed E-state index contributed by atoms with van der Waals surface area (Å²) in [5.74, 6) is 2.51. The molecule has 296 valence electrons. The molecule has 2 aromatic heterocycles. The number of pyridine rings is 1. The SMILES string of the molecule is CC(C)[Si](C#Cc1c(F)ccc2cc(O)cc(-c3nc4c5c(nc(OC[C@@]67CCCN6C[C@H](F)C7)nc5c3F)N3C[C@@H]5CC[C@@H](N5)[C@H]3CO4)c12)(C(C)C)C(C)C. The summed E-state index contributed by atoms with van der Waals surface area (Å²) < 4.78 is 61.4. The van der Waals surface area contributed by atoms with Crippen molar-refractivity contribution in [2.24, 2.45) is 0 Å². The summed E-state index contributed by atoms with van der Waals surface area (Å²) in [6, 6.07) is 6.16. The number of fused-ring (bicyclic) bond motifs is 7. The fourth-order valence-corrected chi connectivity index (χ4v) is 16.4. The van der Waals surface area contributed by atoms with Gasteiger partial charge in [0.2, 0.25) is 5.88 Å². The molecule has 56 heavy (non-hydrogen) atoms. The number of aromatic nitrogens is 3. The highest BCUT2D eigenvalue weighted by atomic mass is 28.3. The van der Waals surface area contributed by atoms with Crippen molar-refractivity contribution in [1.29, 1.82) is 0 Å². The molecule has 0 spiro atoms. The lowest BCUT2D eigenvalue weighted by Crippen LogP contribution is -2.60. The minimum absolute atomic E-state index is 0.000264. The van der Waals surface area contributed by atoms with Gasteiger partial charge < -0.3 is 24.8 Å². The molecule has 9 rings (SSSR count). The minimum Gasteiger partial charge on any atom is -0.508 e. The maximum atomic E-state index is 17.6. The van der Waals surface area contributed by atoms with Crippen LogP contribution in [0.5, 0.6) is 17.6 Å². The third kappa shape index (κ3) is 5.84. The molecule has 4 saturated heterocycles. The zero-order chi connectivity index (χ0) is 39.3. The Kier molecular flexibility index (Phi) is 9.21. The molecule has 0 amide bonds. The van der Waals surface area contributed by atoms with E-state index in [-0.39, 0.29) is 71.3 Å². The van der Waals surface area contributed by atoms with Gasteiger partial charge in [0.05, 0.1) is 17.1 Å². The van der Waals surface area contributed by atoms with Gasteiger partial charge in [0, 0.05) is 42.5 Å². The van der Waals surface area contributed by atoms with E-state index in [4.69, 9.17) is 24.4 Å². The van der Waals surface area contributed by atoms with Crippen LogP contribution in [0.4, 0.5) is 19.0 Å². The van der Waals surface area contributed by atoms with E-state index < -0.39 is 31.4 Å². The molecule has 2 aromatic carbocycles. The maximum absolute atomic E-state index is 17.6. The van der Waals surface area contributed by atoms with Crippen molar-refractivity contribution in [3.63, 3.8) is 0 Å². The topological polar surface area (TPSA) is 95.9 Å². The number of alkyl halides is 1. The number of anilines is 1. The van der Waals surface area contributed by atoms with Crippen LogP contribution in [0, 0.1) is 23.1 Å². The minimum atomic E-state index is -2.30. The van der Waals surface area contributed by atoms with Gasteiger partial charge in [-0.25, -0.2) is 18.2 Å². The van der Waals surface area contributed by atoms with E-state index in [1.807, 2.05) is 0 Å². The summed E-state index contributed by atoms with van der Waals surface area (Å²) in [6.07, 6.45) is 3.18. The normalized spacial score (nSPS) is 25.8. The number of rotatable bonds is 7. The van der Waals surface area contributed by atoms with Crippen LogP contribution >= 0.6 is 0 Å². The summed E-state index contributed by atoms with van der Waals surface area (Å²) >= 11 is 0. The molecule has 9 nitrogen and oxygen atoms in total. The van der Waals surface area contributed by atoms with Gasteiger partial charge in [-0.15, -0.1) is 5.54 Å². The van der Waals surface area contributed by atoms with E-state index in [1.165, 1.54) is 18.2 Å². The average Bonchev–Trinajstić information content (AvgIpc) is 3.79. The van der Waals surface area contributed by atoms with Crippen LogP contribution in [0.25, 0.3) is 32.9 Å². The first-order chi connectivity index (χ1) is 26.8. The molecule has 13 heteroatoms. The molecular weight excluding hydrogens is 734 g/mol. The number of benzene rings is 2. The van der Waals surface area contributed by atoms with Crippen molar-refractivity contribution in [2.75, 3.05) is 37.7 Å². The zero-order valence-corrected chi connectivity index (χ0v) is 34.1. The highest BCUT2D eigenvalue weighted by Crippen LogP contribution is 2.46. The van der Waals surface area contributed by atoms with Crippen molar-refractivity contribution in [1.82, 2.24) is 25.2 Å². The van der Waals surface area contributed by atoms with Crippen LogP contribution in [0.2, 0.25) is 16.6 Å². The number of phenols is 1. The molecule has 7 heterocycles. The van der Waals surface area contributed by atoms with Gasteiger partial charge in [0.15, 0.2) is 5.82 Å². The van der Waals surface area contributed by atoms with E-state index in [0.717, 1.165) is 32.2 Å². The molecule has 4 fully saturated rings. The largest absolute Gasteiger partial charge is 0.508 e. The Hall–Kier alpha value is -4.12. The number of piperazine rings is 1. The van der Waals surface area contributed by atoms with Gasteiger partial charge in [-0.2, -0.15) is 9.97 Å². The Morgan fingerprint density at radius 2 is 1.82 bits per heavy atom. The number of hydrogen-bond donors (Lipinski definition) is 2. The predicted octanol–water partition coefficient (Wildman–Crippen LogP) is 8.06. The van der Waals surface area contributed by atoms with Gasteiger partial charge in [-0.1, -0.05) is 53.5 Å². The number of nitrogens with one attached hydrogen (secondary N) is 1. The summed E-state index contributed by atoms with van der Waals surface area (Å²) in [5, 5.41) is 16.0. The Bertz CT molecular complexity index is 2270. The van der Waals surface area contributed by atoms with Crippen molar-refractivity contribution < 1.29 is 27.8 Å². The van der Waals surface area contributed by atoms with Gasteiger partial charge >= 0.3 is 6.01 Å². The summed E-state index contributed by atoms with van der Waals surface area (Å²) in [4.78, 5) is 18.8. The number of halogens is 3. The fraction of sp³-hybridized carbons (Fsp3) is 0.558. The molecule has 0 aliphatic carbocycles. The summed E-state index contributed by atoms with van der Waals surface area (Å²) in [7, 11) is -2.30. The number of hydrogen-bond acceptors (Lipinski definition) is 9. The molecule has 5 aliphatic rings. The first-order valence-corrected chi connectivity index (χ1v) is 22.6. The molecule has 5 aliphatic heterocycles. The average molecular weight is 785 g/mol. The molecule has 0 saturated carbocycles. The number of aromatic hydroxyl groups is 1. The molecular formula is C43H51F3N6O3Si. The molecule has 5 atom stereocenters. The molecule has 0 unspecified atom stereocenters. The van der Waals surface area contributed by atoms with Crippen LogP contribution in [0.3, 0.4) is 0 Å². The smallest absolute Gasteiger partial charge is 0.319 e. The van der Waals surface area contributed by atoms with Crippen LogP contribution in [-0.4, -0.2) is 95.7 Å². The molecule has 2 bridgehead atoms. The third-order valence-corrected chi connectivity index (χ3v) is 20.0. The second kappa shape index (κ2) is 13.8. The lowest BCUT2D eigenvalue weighted by molar-refractivity contribution is 0.107. The quantitative estimate of drug-likeness (QED) is 0.143. The van der Waals surface area contributed by atoms with Crippen molar-refractivity contribution in [3.05, 3.63) is 41.5 Å². The second-order valence-corrected chi connectivity index (χ2v) is 23.3. The lowest BCUT2D eigenvalue weighted by Gasteiger charge is -2.40. The molecule has 0 radical (unpaired) electrons. The van der Waals surface area contributed by atoms with E-state index in [1.54, 1.807) is 6.07 Å². The Morgan fingerprint density at radius 1 is 1.04 bits per heavy atom. The zero-order valence-electron chi connectivity index (χ0n) is 33.1. The third-order valence-electron chi connectivity index (χ3n) is 13.7. The van der Waals surface area contributed by atoms with E-state index in [2.05, 4.69) is 68.1 Å². The van der Waals surface area contributed by atoms with Crippen molar-refractivity contribution in [3.8, 4) is 40.4 Å². The standard InChI is InChI=1S/C43H51F3N6O3Si/c1-23(2)56(24(3)4,25(5)6)15-12-30-32(45)10-8-26-16-29(53)17-31(35(26)30)38-37(46)39-36-40(52-20-28-9-11-33(47-28)34(52)21-54-41(36)48-38)50-42(49-39)55-22-43-13-7-14-51(43)19-27(44)18-43/h8,10,16-17,23-25,27-28,33-34,47,53H,7,9,11,13-14,18-22H2,1-6H3/t27-,28+,33-,34-,43+/m1/s1. The van der Waals surface area contributed by atoms with Gasteiger partial charge in [0.1, 0.15) is 61.4 Å². The number of phenolic OH excluding ortho intramolecular Hbond substituents is 1. The Morgan fingerprint density at radius 3 is 2.59 bits per heavy atom. The van der Waals surface area contributed by atoms with Gasteiger partial charge in [-0.05, 0) is 72.4 Å². The van der Waals surface area contributed by atoms with Crippen LogP contribution < -0.4 is 19.7 Å². The van der Waals surface area contributed by atoms with Crippen molar-refractivity contribution in [2.45, 2.75) is 120 Å². The predicted molar refractivity (Wildman–Crippen MR) is 215 cm³/mol. The molecule has 2 N–H and O–H groups in total. The van der Waals surface area contributed by atoms with Crippen molar-refractivity contribution >= 4 is 35.6 Å². The fourth-order valence-electron chi connectivity index (χ4n) is 11.1. The summed E-state index contributed by atoms with van der Waals surface area (Å²) in [5.41, 5.74) is 4.24. The van der Waals surface area contributed by atoms with Crippen LogP contribution in [0.1, 0.15) is 79.2 Å². The van der Waals surface area contributed by atoms with E-state index >= 15 is 8.78 Å². The number of ether oxygens (including phenoxy) is 2.